The van der Waals surface area contributed by atoms with Crippen LogP contribution in [0.1, 0.15) is 28.9 Å². The minimum Gasteiger partial charge on any atom is -0.370 e. The molecule has 1 aromatic carbocycles. The zero-order chi connectivity index (χ0) is 19.6. The third kappa shape index (κ3) is 4.43. The Labute approximate surface area is 165 Å². The molecule has 2 aromatic rings. The summed E-state index contributed by atoms with van der Waals surface area (Å²) in [4.78, 5) is 14.9. The van der Waals surface area contributed by atoms with Crippen molar-refractivity contribution in [2.24, 2.45) is 0 Å². The standard InChI is InChI=1S/C21H28N4O3/c1-15-3-5-17(6-4-15)11-22-20(26)19-10-21(14-27-19)13-25(7-8-28-21)12-18-9-16(2)23-24-18/h3-6,9,19H,7-8,10-14H2,1-2H3,(H,22,26)(H,23,24). The minimum atomic E-state index is -0.460. The maximum absolute atomic E-state index is 12.6. The average molecular weight is 384 g/mol. The van der Waals surface area contributed by atoms with E-state index < -0.39 is 11.7 Å². The second kappa shape index (κ2) is 8.03. The van der Waals surface area contributed by atoms with E-state index in [4.69, 9.17) is 9.47 Å². The summed E-state index contributed by atoms with van der Waals surface area (Å²) in [5, 5.41) is 10.3. The molecule has 3 heterocycles. The van der Waals surface area contributed by atoms with Crippen molar-refractivity contribution < 1.29 is 14.3 Å². The number of carbonyl (C=O) groups is 1. The zero-order valence-corrected chi connectivity index (χ0v) is 16.5. The normalized spacial score (nSPS) is 25.3. The lowest BCUT2D eigenvalue weighted by atomic mass is 9.97. The second-order valence-corrected chi connectivity index (χ2v) is 7.99. The summed E-state index contributed by atoms with van der Waals surface area (Å²) >= 11 is 0. The monoisotopic (exact) mass is 384 g/mol. The van der Waals surface area contributed by atoms with Gasteiger partial charge in [0, 0.05) is 38.3 Å². The lowest BCUT2D eigenvalue weighted by Crippen LogP contribution is -2.52. The number of hydrogen-bond donors (Lipinski definition) is 2. The molecule has 1 spiro atoms. The predicted octanol–water partition coefficient (Wildman–Crippen LogP) is 1.70. The molecule has 2 unspecified atom stereocenters. The summed E-state index contributed by atoms with van der Waals surface area (Å²) in [6.07, 6.45) is 0.126. The molecule has 2 aliphatic rings. The summed E-state index contributed by atoms with van der Waals surface area (Å²) in [7, 11) is 0. The quantitative estimate of drug-likeness (QED) is 0.820. The molecule has 2 N–H and O–H groups in total. The highest BCUT2D eigenvalue weighted by molar-refractivity contribution is 5.81. The van der Waals surface area contributed by atoms with Crippen LogP contribution in [0.25, 0.3) is 0 Å². The zero-order valence-electron chi connectivity index (χ0n) is 16.5. The molecule has 7 heteroatoms. The van der Waals surface area contributed by atoms with Gasteiger partial charge in [0.2, 0.25) is 5.91 Å². The molecule has 2 aliphatic heterocycles. The summed E-state index contributed by atoms with van der Waals surface area (Å²) in [6, 6.07) is 10.2. The van der Waals surface area contributed by atoms with Gasteiger partial charge in [-0.25, -0.2) is 0 Å². The molecule has 0 bridgehead atoms. The van der Waals surface area contributed by atoms with Crippen molar-refractivity contribution in [3.8, 4) is 0 Å². The number of morpholine rings is 1. The van der Waals surface area contributed by atoms with Gasteiger partial charge in [-0.3, -0.25) is 14.8 Å². The fourth-order valence-electron chi connectivity index (χ4n) is 3.94. The number of aryl methyl sites for hydroxylation is 2. The van der Waals surface area contributed by atoms with Gasteiger partial charge < -0.3 is 14.8 Å². The Morgan fingerprint density at radius 1 is 1.36 bits per heavy atom. The summed E-state index contributed by atoms with van der Waals surface area (Å²) in [5.74, 6) is -0.0684. The van der Waals surface area contributed by atoms with Gasteiger partial charge >= 0.3 is 0 Å². The summed E-state index contributed by atoms with van der Waals surface area (Å²) < 4.78 is 11.9. The number of benzene rings is 1. The highest BCUT2D eigenvalue weighted by atomic mass is 16.6. The molecule has 2 fully saturated rings. The van der Waals surface area contributed by atoms with Crippen LogP contribution >= 0.6 is 0 Å². The number of aromatic nitrogens is 2. The van der Waals surface area contributed by atoms with Gasteiger partial charge in [-0.05, 0) is 25.5 Å². The average Bonchev–Trinajstić information content (AvgIpc) is 3.27. The topological polar surface area (TPSA) is 79.5 Å². The lowest BCUT2D eigenvalue weighted by Gasteiger charge is -2.39. The van der Waals surface area contributed by atoms with Crippen molar-refractivity contribution in [3.05, 3.63) is 52.8 Å². The van der Waals surface area contributed by atoms with Crippen LogP contribution in [0.2, 0.25) is 0 Å². The molecule has 0 radical (unpaired) electrons. The highest BCUT2D eigenvalue weighted by Crippen LogP contribution is 2.32. The number of ether oxygens (including phenoxy) is 2. The van der Waals surface area contributed by atoms with Gasteiger partial charge in [0.15, 0.2) is 0 Å². The largest absolute Gasteiger partial charge is 0.370 e. The van der Waals surface area contributed by atoms with Crippen molar-refractivity contribution in [1.82, 2.24) is 20.4 Å². The van der Waals surface area contributed by atoms with Crippen molar-refractivity contribution in [1.29, 1.82) is 0 Å². The molecule has 1 amide bonds. The number of amides is 1. The molecule has 1 aromatic heterocycles. The third-order valence-electron chi connectivity index (χ3n) is 5.46. The van der Waals surface area contributed by atoms with Gasteiger partial charge in [0.1, 0.15) is 11.7 Å². The maximum atomic E-state index is 12.6. The first kappa shape index (κ1) is 19.1. The Kier molecular flexibility index (Phi) is 5.48. The lowest BCUT2D eigenvalue weighted by molar-refractivity contribution is -0.130. The fraction of sp³-hybridized carbons (Fsp3) is 0.524. The van der Waals surface area contributed by atoms with Crippen molar-refractivity contribution in [2.75, 3.05) is 26.3 Å². The SMILES string of the molecule is Cc1ccc(CNC(=O)C2CC3(CO2)CN(Cc2cc(C)[nH]n2)CCO3)cc1. The van der Waals surface area contributed by atoms with E-state index in [1.165, 1.54) is 5.56 Å². The number of nitrogens with zero attached hydrogens (tertiary/aromatic N) is 2. The van der Waals surface area contributed by atoms with Crippen LogP contribution in [0.15, 0.2) is 30.3 Å². The summed E-state index contributed by atoms with van der Waals surface area (Å²) in [5.41, 5.74) is 3.98. The predicted molar refractivity (Wildman–Crippen MR) is 105 cm³/mol. The number of nitrogens with one attached hydrogen (secondary N) is 2. The van der Waals surface area contributed by atoms with Crippen LogP contribution in [0.4, 0.5) is 0 Å². The maximum Gasteiger partial charge on any atom is 0.249 e. The van der Waals surface area contributed by atoms with Crippen LogP contribution in [-0.4, -0.2) is 59.0 Å². The first-order valence-corrected chi connectivity index (χ1v) is 9.83. The third-order valence-corrected chi connectivity index (χ3v) is 5.46. The van der Waals surface area contributed by atoms with E-state index >= 15 is 0 Å². The number of aromatic amines is 1. The number of H-pyrrole nitrogens is 1. The minimum absolute atomic E-state index is 0.0684. The Morgan fingerprint density at radius 2 is 2.18 bits per heavy atom. The van der Waals surface area contributed by atoms with Crippen LogP contribution < -0.4 is 5.32 Å². The number of rotatable bonds is 5. The van der Waals surface area contributed by atoms with E-state index in [1.54, 1.807) is 0 Å². The first-order chi connectivity index (χ1) is 13.5. The number of carbonyl (C=O) groups excluding carboxylic acids is 1. The molecule has 2 saturated heterocycles. The molecular formula is C21H28N4O3. The fourth-order valence-corrected chi connectivity index (χ4v) is 3.94. The molecule has 0 saturated carbocycles. The molecule has 4 rings (SSSR count). The van der Waals surface area contributed by atoms with Crippen LogP contribution in [0, 0.1) is 13.8 Å². The molecular weight excluding hydrogens is 356 g/mol. The number of hydrogen-bond acceptors (Lipinski definition) is 5. The van der Waals surface area contributed by atoms with E-state index in [1.807, 2.05) is 31.2 Å². The van der Waals surface area contributed by atoms with E-state index in [9.17, 15) is 4.79 Å². The smallest absolute Gasteiger partial charge is 0.249 e. The summed E-state index contributed by atoms with van der Waals surface area (Å²) in [6.45, 7) is 8.04. The van der Waals surface area contributed by atoms with Gasteiger partial charge in [-0.1, -0.05) is 29.8 Å². The van der Waals surface area contributed by atoms with Gasteiger partial charge in [0.05, 0.1) is 18.9 Å². The van der Waals surface area contributed by atoms with Crippen molar-refractivity contribution >= 4 is 5.91 Å². The van der Waals surface area contributed by atoms with E-state index in [0.29, 0.717) is 26.2 Å². The molecule has 0 aliphatic carbocycles. The van der Waals surface area contributed by atoms with Crippen LogP contribution in [0.5, 0.6) is 0 Å². The highest BCUT2D eigenvalue weighted by Gasteiger charge is 2.46. The molecule has 7 nitrogen and oxygen atoms in total. The van der Waals surface area contributed by atoms with Crippen LogP contribution in [-0.2, 0) is 27.4 Å². The van der Waals surface area contributed by atoms with E-state index in [2.05, 4.69) is 33.4 Å². The van der Waals surface area contributed by atoms with Gasteiger partial charge in [0.25, 0.3) is 0 Å². The van der Waals surface area contributed by atoms with E-state index in [0.717, 1.165) is 36.6 Å². The molecule has 150 valence electrons. The Morgan fingerprint density at radius 3 is 2.93 bits per heavy atom. The Bertz CT molecular complexity index is 819. The van der Waals surface area contributed by atoms with Crippen LogP contribution in [0.3, 0.4) is 0 Å². The second-order valence-electron chi connectivity index (χ2n) is 7.99. The Hall–Kier alpha value is -2.22. The first-order valence-electron chi connectivity index (χ1n) is 9.83. The van der Waals surface area contributed by atoms with E-state index in [-0.39, 0.29) is 5.91 Å². The van der Waals surface area contributed by atoms with Gasteiger partial charge in [-0.15, -0.1) is 0 Å². The van der Waals surface area contributed by atoms with Crippen molar-refractivity contribution in [3.63, 3.8) is 0 Å². The molecule has 2 atom stereocenters. The molecule has 28 heavy (non-hydrogen) atoms. The Balaban J connectivity index is 1.30. The van der Waals surface area contributed by atoms with Crippen molar-refractivity contribution in [2.45, 2.75) is 45.1 Å². The van der Waals surface area contributed by atoms with Gasteiger partial charge in [-0.2, -0.15) is 5.10 Å².